The number of unbranched alkanes of at least 4 members (excludes halogenated alkanes) is 13. The van der Waals surface area contributed by atoms with Gasteiger partial charge >= 0.3 is 67.3 Å². The van der Waals surface area contributed by atoms with Crippen LogP contribution >= 0.6 is 0 Å². The van der Waals surface area contributed by atoms with Gasteiger partial charge in [0.1, 0.15) is 0 Å². The van der Waals surface area contributed by atoms with Crippen LogP contribution in [0.25, 0.3) is 16.9 Å². The van der Waals surface area contributed by atoms with Crippen LogP contribution in [0.1, 0.15) is 185 Å². The summed E-state index contributed by atoms with van der Waals surface area (Å²) < 4.78 is 1.49. The number of hydrogen-bond acceptors (Lipinski definition) is 0. The molecule has 1 heterocycles. The van der Waals surface area contributed by atoms with Crippen LogP contribution in [0.4, 0.5) is 0 Å². The van der Waals surface area contributed by atoms with Crippen LogP contribution in [0.15, 0.2) is 72.3 Å². The van der Waals surface area contributed by atoms with Gasteiger partial charge < -0.3 is 5.53 Å². The van der Waals surface area contributed by atoms with Crippen molar-refractivity contribution in [2.45, 2.75) is 186 Å². The van der Waals surface area contributed by atoms with Gasteiger partial charge in [-0.3, -0.25) is 0 Å². The Labute approximate surface area is 318 Å². The molecule has 0 fully saturated rings. The predicted molar refractivity (Wildman–Crippen MR) is 218 cm³/mol. The van der Waals surface area contributed by atoms with E-state index >= 15 is 0 Å². The molecular weight excluding hydrogens is 699 g/mol. The zero-order chi connectivity index (χ0) is 36.1. The van der Waals surface area contributed by atoms with Crippen molar-refractivity contribution in [3.63, 3.8) is 0 Å². The molecule has 2 aromatic rings. The third kappa shape index (κ3) is 17.9. The fourth-order valence-corrected chi connectivity index (χ4v) is 8.58. The van der Waals surface area contributed by atoms with Gasteiger partial charge in [0.25, 0.3) is 0 Å². The van der Waals surface area contributed by atoms with Crippen molar-refractivity contribution in [2.24, 2.45) is 0 Å². The topological polar surface area (TPSA) is 25.3 Å². The number of aryl methyl sites for hydroxylation is 2. The van der Waals surface area contributed by atoms with Crippen molar-refractivity contribution in [3.8, 4) is 0 Å². The van der Waals surface area contributed by atoms with Crippen molar-refractivity contribution in [3.05, 3.63) is 100 Å². The maximum atomic E-state index is 11.7. The average Bonchev–Trinajstić information content (AvgIpc) is 3.47. The summed E-state index contributed by atoms with van der Waals surface area (Å²) in [6.45, 7) is 11.3. The van der Waals surface area contributed by atoms with E-state index in [1.165, 1.54) is 146 Å². The molecular formula is C47H74N2Pd. The maximum absolute atomic E-state index is 11.7. The number of allylic oxidation sites excluding steroid dienone is 4. The summed E-state index contributed by atoms with van der Waals surface area (Å²) in [7, 11) is 0. The quantitative estimate of drug-likeness (QED) is 0.0374. The van der Waals surface area contributed by atoms with E-state index in [0.717, 1.165) is 67.0 Å². The molecule has 0 aliphatic carbocycles. The minimum absolute atomic E-state index is 0.906. The second-order valence-electron chi connectivity index (χ2n) is 14.1. The van der Waals surface area contributed by atoms with E-state index in [1.807, 2.05) is 0 Å². The molecule has 0 atom stereocenters. The van der Waals surface area contributed by atoms with Crippen molar-refractivity contribution in [1.82, 2.24) is 0 Å². The van der Waals surface area contributed by atoms with E-state index in [4.69, 9.17) is 0 Å². The Morgan fingerprint density at radius 3 is 1.80 bits per heavy atom. The molecule has 50 heavy (non-hydrogen) atoms. The fourth-order valence-electron chi connectivity index (χ4n) is 6.32. The molecule has 0 spiro atoms. The molecule has 1 aliphatic heterocycles. The number of nitrogens with zero attached hydrogens (tertiary/aromatic N) is 2. The molecule has 0 amide bonds. The van der Waals surface area contributed by atoms with Crippen LogP contribution < -0.4 is 0 Å². The first kappa shape index (κ1) is 44.1. The van der Waals surface area contributed by atoms with E-state index < -0.39 is 0 Å². The summed E-state index contributed by atoms with van der Waals surface area (Å²) in [5.74, 6) is 0. The van der Waals surface area contributed by atoms with Crippen LogP contribution in [-0.2, 0) is 30.8 Å². The molecule has 282 valence electrons. The zero-order valence-electron chi connectivity index (χ0n) is 33.0. The van der Waals surface area contributed by atoms with Crippen molar-refractivity contribution < 1.29 is 22.7 Å². The molecule has 0 radical (unpaired) electrons. The van der Waals surface area contributed by atoms with E-state index in [2.05, 4.69) is 101 Å². The van der Waals surface area contributed by atoms with Crippen molar-refractivity contribution >= 4 is 11.4 Å². The van der Waals surface area contributed by atoms with Gasteiger partial charge in [-0.2, -0.15) is 0 Å². The summed E-state index contributed by atoms with van der Waals surface area (Å²) in [5, 5.41) is 0. The van der Waals surface area contributed by atoms with Gasteiger partial charge in [0.05, 0.1) is 0 Å². The van der Waals surface area contributed by atoms with E-state index in [1.54, 1.807) is 0 Å². The van der Waals surface area contributed by atoms with Crippen molar-refractivity contribution in [2.75, 3.05) is 0 Å². The minimum atomic E-state index is 0.906. The SMILES string of the molecule is CCCCCCC=CCCCc1ccccc1C1=C(CCCCCCCC)C=C(c2ccc(CCCC)cc2)[N+]1=[N-].CCC[CH2][Pd][CH2]CCC. The second-order valence-corrected chi connectivity index (χ2v) is 16.4. The molecule has 0 N–H and O–H groups in total. The molecule has 0 saturated heterocycles. The summed E-state index contributed by atoms with van der Waals surface area (Å²) in [6, 6.07) is 17.6. The standard InChI is InChI=1S/C39H56N2.2C4H9.Pd/c1-4-7-10-12-14-15-16-18-19-24-34-25-21-22-27-37(34)39-36(26-20-17-13-11-8-5-2)32-38(41(39)40)35-30-28-33(29-31-35)23-9-6-3;2*1-3-4-2;/h15-16,21-22,25,27-32H,4-14,17-20,23-24,26H2,1-3H3;2*1,3-4H2,2H3;. The molecule has 2 aromatic carbocycles. The molecule has 0 unspecified atom stereocenters. The summed E-state index contributed by atoms with van der Waals surface area (Å²) in [5.41, 5.74) is 19.8. The summed E-state index contributed by atoms with van der Waals surface area (Å²) in [6.07, 6.45) is 34.7. The van der Waals surface area contributed by atoms with Gasteiger partial charge in [-0.25, -0.2) is 4.70 Å². The molecule has 3 rings (SSSR count). The predicted octanol–water partition coefficient (Wildman–Crippen LogP) is 15.9. The number of rotatable bonds is 27. The van der Waals surface area contributed by atoms with E-state index in [-0.39, 0.29) is 0 Å². The Morgan fingerprint density at radius 2 is 1.14 bits per heavy atom. The van der Waals surface area contributed by atoms with Gasteiger partial charge in [-0.05, 0) is 87.1 Å². The Hall–Kier alpha value is -2.08. The Morgan fingerprint density at radius 1 is 0.560 bits per heavy atom. The Kier molecular flexibility index (Phi) is 26.0. The van der Waals surface area contributed by atoms with Crippen LogP contribution in [0.5, 0.6) is 0 Å². The summed E-state index contributed by atoms with van der Waals surface area (Å²) >= 11 is 1.07. The monoisotopic (exact) mass is 772 g/mol. The van der Waals surface area contributed by atoms with Gasteiger partial charge in [0.15, 0.2) is 0 Å². The van der Waals surface area contributed by atoms with Crippen LogP contribution in [-0.4, -0.2) is 4.70 Å². The normalized spacial score (nSPS) is 13.0. The third-order valence-corrected chi connectivity index (χ3v) is 11.8. The fraction of sp³-hybridized carbons (Fsp3) is 0.617. The number of benzene rings is 2. The second kappa shape index (κ2) is 29.5. The summed E-state index contributed by atoms with van der Waals surface area (Å²) in [4.78, 5) is 3.01. The first-order valence-corrected chi connectivity index (χ1v) is 23.0. The zero-order valence-corrected chi connectivity index (χ0v) is 34.6. The molecule has 0 bridgehead atoms. The molecule has 0 saturated carbocycles. The van der Waals surface area contributed by atoms with Crippen LogP contribution in [0, 0.1) is 0 Å². The third-order valence-electron chi connectivity index (χ3n) is 9.56. The Bertz CT molecular complexity index is 1250. The van der Waals surface area contributed by atoms with E-state index in [0.29, 0.717) is 0 Å². The molecule has 0 aromatic heterocycles. The average molecular weight is 774 g/mol. The van der Waals surface area contributed by atoms with Gasteiger partial charge in [-0.1, -0.05) is 121 Å². The van der Waals surface area contributed by atoms with Crippen LogP contribution in [0.3, 0.4) is 0 Å². The van der Waals surface area contributed by atoms with E-state index in [9.17, 15) is 5.53 Å². The van der Waals surface area contributed by atoms with Gasteiger partial charge in [0, 0.05) is 22.8 Å². The van der Waals surface area contributed by atoms with Crippen LogP contribution in [0.2, 0.25) is 9.79 Å². The Balaban J connectivity index is 0.000000845. The molecule has 3 heteroatoms. The first-order valence-electron chi connectivity index (χ1n) is 20.8. The number of hydrogen-bond donors (Lipinski definition) is 0. The van der Waals surface area contributed by atoms with Gasteiger partial charge in [-0.15, -0.1) is 0 Å². The van der Waals surface area contributed by atoms with Crippen molar-refractivity contribution in [1.29, 1.82) is 0 Å². The molecule has 1 aliphatic rings. The first-order chi connectivity index (χ1) is 24.6. The molecule has 2 nitrogen and oxygen atoms in total. The van der Waals surface area contributed by atoms with Gasteiger partial charge in [0.2, 0.25) is 11.4 Å².